The number of morpholine rings is 1. The molecule has 1 saturated heterocycles. The number of amides is 1. The van der Waals surface area contributed by atoms with E-state index < -0.39 is 21.9 Å². The van der Waals surface area contributed by atoms with E-state index in [1.165, 1.54) is 0 Å². The number of aliphatic hydroxyl groups is 1. The van der Waals surface area contributed by atoms with Crippen molar-refractivity contribution in [3.63, 3.8) is 0 Å². The number of carbonyl (C=O) groups is 1. The molecular formula is C34H56N6O7S. The minimum atomic E-state index is -3.47. The summed E-state index contributed by atoms with van der Waals surface area (Å²) in [4.78, 5) is 25.1. The van der Waals surface area contributed by atoms with Gasteiger partial charge in [0.2, 0.25) is 0 Å². The summed E-state index contributed by atoms with van der Waals surface area (Å²) < 4.78 is 45.9. The van der Waals surface area contributed by atoms with E-state index in [0.717, 1.165) is 88.4 Å². The molecule has 1 amide bonds. The van der Waals surface area contributed by atoms with Crippen LogP contribution in [0.1, 0.15) is 96.3 Å². The Morgan fingerprint density at radius 3 is 2.60 bits per heavy atom. The Morgan fingerprint density at radius 2 is 1.88 bits per heavy atom. The lowest BCUT2D eigenvalue weighted by Gasteiger charge is -2.36. The summed E-state index contributed by atoms with van der Waals surface area (Å²) in [7, 11) is -3.47. The standard InChI is InChI=1S/C34H56N6O7S/c35-39-37-25-27-7-4-5-10-30(27)31-34(15-24-48(43,44)29-8-2-1-3-9-29,33(42)36-16-17-40-18-22-45-23-19-40)38-32(47-31)26-11-13-28(14-12-26)46-21-6-20-41/h26,28-29,31,41H,1-25H2,(H-,36,42,43,44)/t26?,28?,31-,34-/m0/s1. The van der Waals surface area contributed by atoms with Crippen LogP contribution in [0.3, 0.4) is 0 Å². The number of carbonyl (C=O) groups excluding carboxylic acids is 1. The third-order valence-corrected chi connectivity index (χ3v) is 13.2. The fourth-order valence-corrected chi connectivity index (χ4v) is 10.1. The fraction of sp³-hybridized carbons (Fsp3) is 0.882. The highest BCUT2D eigenvalue weighted by atomic mass is 32.3. The molecule has 13 nitrogen and oxygen atoms in total. The zero-order valence-corrected chi connectivity index (χ0v) is 29.3. The lowest BCUT2D eigenvalue weighted by Crippen LogP contribution is -2.55. The van der Waals surface area contributed by atoms with E-state index in [1.54, 1.807) is 0 Å². The number of aliphatic imine (C=N–C) groups is 1. The van der Waals surface area contributed by atoms with E-state index in [9.17, 15) is 13.6 Å². The van der Waals surface area contributed by atoms with Crippen LogP contribution in [0.5, 0.6) is 0 Å². The zero-order chi connectivity index (χ0) is 33.8. The second-order valence-corrected chi connectivity index (χ2v) is 16.5. The Balaban J connectivity index is 1.45. The van der Waals surface area contributed by atoms with Crippen molar-refractivity contribution in [2.45, 2.75) is 119 Å². The van der Waals surface area contributed by atoms with Crippen LogP contribution in [0, 0.1) is 5.92 Å². The molecule has 48 heavy (non-hydrogen) atoms. The number of ether oxygens (including phenoxy) is 3. The van der Waals surface area contributed by atoms with E-state index >= 15 is 0 Å². The molecule has 270 valence electrons. The molecule has 14 heteroatoms. The SMILES string of the molecule is [N-]=[N+]=NCC1=C([C@@H]2OC(C3CCC(OCCCO)CC3)=N[C@]2(CC[S+](=O)([O-])C2CCCCC2)C(=O)NCCN2CCOCC2)CCCC1. The highest BCUT2D eigenvalue weighted by Crippen LogP contribution is 2.44. The van der Waals surface area contributed by atoms with Crippen LogP contribution in [0.4, 0.5) is 0 Å². The molecule has 0 radical (unpaired) electrons. The monoisotopic (exact) mass is 692 g/mol. The van der Waals surface area contributed by atoms with E-state index in [4.69, 9.17) is 29.8 Å². The Labute approximate surface area is 286 Å². The molecule has 2 aliphatic heterocycles. The molecule has 0 aromatic heterocycles. The first-order chi connectivity index (χ1) is 23.4. The second kappa shape index (κ2) is 18.3. The molecule has 1 unspecified atom stereocenters. The van der Waals surface area contributed by atoms with Gasteiger partial charge in [-0.15, -0.1) is 4.21 Å². The van der Waals surface area contributed by atoms with E-state index in [-0.39, 0.29) is 48.5 Å². The largest absolute Gasteiger partial charge is 0.615 e. The summed E-state index contributed by atoms with van der Waals surface area (Å²) in [6.07, 6.45) is 10.7. The predicted molar refractivity (Wildman–Crippen MR) is 183 cm³/mol. The minimum absolute atomic E-state index is 0.00654. The molecule has 3 fully saturated rings. The average Bonchev–Trinajstić information content (AvgIpc) is 3.52. The smallest absolute Gasteiger partial charge is 0.252 e. The molecule has 5 aliphatic rings. The van der Waals surface area contributed by atoms with Crippen molar-refractivity contribution in [3.05, 3.63) is 21.6 Å². The third-order valence-electron chi connectivity index (χ3n) is 11.0. The van der Waals surface area contributed by atoms with Crippen molar-refractivity contribution < 1.29 is 32.9 Å². The average molecular weight is 693 g/mol. The molecule has 3 atom stereocenters. The maximum atomic E-state index is 14.6. The highest BCUT2D eigenvalue weighted by Gasteiger charge is 2.56. The van der Waals surface area contributed by atoms with Crippen LogP contribution < -0.4 is 5.32 Å². The van der Waals surface area contributed by atoms with Crippen LogP contribution in [0.15, 0.2) is 21.3 Å². The molecule has 5 rings (SSSR count). The van der Waals surface area contributed by atoms with Gasteiger partial charge < -0.3 is 29.2 Å². The molecule has 0 aromatic carbocycles. The van der Waals surface area contributed by atoms with E-state index in [1.807, 2.05) is 0 Å². The lowest BCUT2D eigenvalue weighted by molar-refractivity contribution is -0.128. The van der Waals surface area contributed by atoms with Crippen molar-refractivity contribution in [2.24, 2.45) is 16.0 Å². The Bertz CT molecular complexity index is 1220. The first-order valence-corrected chi connectivity index (χ1v) is 20.1. The van der Waals surface area contributed by atoms with Crippen LogP contribution >= 0.6 is 0 Å². The second-order valence-electron chi connectivity index (χ2n) is 14.1. The summed E-state index contributed by atoms with van der Waals surface area (Å²) in [5.41, 5.74) is 9.63. The van der Waals surface area contributed by atoms with Crippen molar-refractivity contribution >= 4 is 22.0 Å². The van der Waals surface area contributed by atoms with Gasteiger partial charge in [0, 0.05) is 73.4 Å². The molecule has 3 aliphatic carbocycles. The fourth-order valence-electron chi connectivity index (χ4n) is 8.11. The topological polar surface area (TPSA) is 182 Å². The summed E-state index contributed by atoms with van der Waals surface area (Å²) in [5, 5.41) is 15.8. The summed E-state index contributed by atoms with van der Waals surface area (Å²) >= 11 is 0. The minimum Gasteiger partial charge on any atom is -0.615 e. The summed E-state index contributed by atoms with van der Waals surface area (Å²) in [5.74, 6) is 0.105. The third kappa shape index (κ3) is 9.58. The van der Waals surface area contributed by atoms with Crippen LogP contribution in [-0.4, -0.2) is 114 Å². The van der Waals surface area contributed by atoms with Crippen molar-refractivity contribution in [1.82, 2.24) is 10.2 Å². The van der Waals surface area contributed by atoms with Gasteiger partial charge in [-0.25, -0.2) is 4.99 Å². The van der Waals surface area contributed by atoms with E-state index in [2.05, 4.69) is 20.2 Å². The van der Waals surface area contributed by atoms with E-state index in [0.29, 0.717) is 64.5 Å². The van der Waals surface area contributed by atoms with Crippen LogP contribution in [0.25, 0.3) is 10.4 Å². The van der Waals surface area contributed by atoms with Gasteiger partial charge in [0.15, 0.2) is 17.5 Å². The quantitative estimate of drug-likeness (QED) is 0.0594. The molecule has 2 heterocycles. The Kier molecular flexibility index (Phi) is 14.1. The molecule has 0 spiro atoms. The number of nitrogens with zero attached hydrogens (tertiary/aromatic N) is 5. The molecule has 2 saturated carbocycles. The zero-order valence-electron chi connectivity index (χ0n) is 28.5. The van der Waals surface area contributed by atoms with Gasteiger partial charge in [0.25, 0.3) is 5.91 Å². The van der Waals surface area contributed by atoms with Gasteiger partial charge in [0.05, 0.1) is 19.3 Å². The summed E-state index contributed by atoms with van der Waals surface area (Å²) in [6.45, 7) is 4.84. The number of aliphatic hydroxyl groups excluding tert-OH is 1. The van der Waals surface area contributed by atoms with Crippen molar-refractivity contribution in [2.75, 3.05) is 64.9 Å². The number of hydrogen-bond acceptors (Lipinski definition) is 10. The first-order valence-electron chi connectivity index (χ1n) is 18.4. The number of nitrogens with one attached hydrogen (secondary N) is 1. The van der Waals surface area contributed by atoms with Gasteiger partial charge >= 0.3 is 0 Å². The number of sulfone groups is 1. The maximum absolute atomic E-state index is 14.6. The summed E-state index contributed by atoms with van der Waals surface area (Å²) in [6, 6.07) is 0. The lowest BCUT2D eigenvalue weighted by atomic mass is 9.78. The van der Waals surface area contributed by atoms with Gasteiger partial charge in [-0.2, -0.15) is 0 Å². The van der Waals surface area contributed by atoms with Crippen molar-refractivity contribution in [1.29, 1.82) is 0 Å². The van der Waals surface area contributed by atoms with Gasteiger partial charge in [-0.05, 0) is 94.6 Å². The van der Waals surface area contributed by atoms with Gasteiger partial charge in [0.1, 0.15) is 11.0 Å². The predicted octanol–water partition coefficient (Wildman–Crippen LogP) is 4.46. The maximum Gasteiger partial charge on any atom is 0.252 e. The van der Waals surface area contributed by atoms with Gasteiger partial charge in [-0.3, -0.25) is 9.69 Å². The van der Waals surface area contributed by atoms with Crippen LogP contribution in [0.2, 0.25) is 0 Å². The molecule has 2 N–H and O–H groups in total. The number of hydrogen-bond donors (Lipinski definition) is 2. The van der Waals surface area contributed by atoms with Crippen molar-refractivity contribution in [3.8, 4) is 0 Å². The molecular weight excluding hydrogens is 636 g/mol. The number of azide groups is 1. The van der Waals surface area contributed by atoms with Crippen LogP contribution in [-0.2, 0) is 33.4 Å². The Morgan fingerprint density at radius 1 is 1.12 bits per heavy atom. The molecule has 0 bridgehead atoms. The highest BCUT2D eigenvalue weighted by molar-refractivity contribution is 7.98. The Hall–Kier alpha value is -2.06. The molecule has 0 aromatic rings. The first kappa shape index (κ1) is 37.2. The number of rotatable bonds is 16. The normalized spacial score (nSPS) is 30.2. The van der Waals surface area contributed by atoms with Gasteiger partial charge in [-0.1, -0.05) is 17.1 Å².